The first-order valence-corrected chi connectivity index (χ1v) is 7.62. The number of hydrogen-bond acceptors (Lipinski definition) is 10. The van der Waals surface area contributed by atoms with Crippen LogP contribution in [0.5, 0.6) is 0 Å². The molecule has 2 aromatic heterocycles. The van der Waals surface area contributed by atoms with Crippen LogP contribution in [0.4, 0.5) is 5.82 Å². The van der Waals surface area contributed by atoms with E-state index in [0.717, 1.165) is 0 Å². The Kier molecular flexibility index (Phi) is 5.08. The molecule has 0 aliphatic carbocycles. The summed E-state index contributed by atoms with van der Waals surface area (Å²) in [7, 11) is 1.28. The minimum Gasteiger partial charge on any atom is -0.469 e. The zero-order chi connectivity index (χ0) is 18.0. The van der Waals surface area contributed by atoms with Gasteiger partial charge in [0.2, 0.25) is 0 Å². The van der Waals surface area contributed by atoms with Crippen LogP contribution in [0.1, 0.15) is 12.6 Å². The number of methoxy groups -OCH3 is 1. The third-order valence-electron chi connectivity index (χ3n) is 4.00. The second-order valence-corrected chi connectivity index (χ2v) is 5.48. The molecule has 1 aliphatic rings. The molecular weight excluding hydrogens is 334 g/mol. The van der Waals surface area contributed by atoms with Gasteiger partial charge in [0, 0.05) is 0 Å². The number of rotatable bonds is 6. The maximum atomic E-state index is 11.2. The van der Waals surface area contributed by atoms with Crippen molar-refractivity contribution in [2.75, 3.05) is 26.1 Å². The van der Waals surface area contributed by atoms with Crippen molar-refractivity contribution in [2.24, 2.45) is 0 Å². The number of hydrogen-bond donors (Lipinski definition) is 3. The molecule has 0 radical (unpaired) electrons. The molecule has 4 N–H and O–H groups in total. The average Bonchev–Trinajstić information content (AvgIpc) is 3.17. The average molecular weight is 353 g/mol. The monoisotopic (exact) mass is 353 g/mol. The van der Waals surface area contributed by atoms with Crippen LogP contribution in [-0.2, 0) is 19.0 Å². The summed E-state index contributed by atoms with van der Waals surface area (Å²) in [6.45, 7) is -0.367. The van der Waals surface area contributed by atoms with E-state index in [2.05, 4.69) is 19.7 Å². The van der Waals surface area contributed by atoms with Crippen molar-refractivity contribution in [1.82, 2.24) is 19.5 Å². The highest BCUT2D eigenvalue weighted by Crippen LogP contribution is 2.33. The molecule has 0 aromatic carbocycles. The number of fused-ring (bicyclic) bond motifs is 1. The third-order valence-corrected chi connectivity index (χ3v) is 4.00. The van der Waals surface area contributed by atoms with E-state index < -0.39 is 37.1 Å². The number of aromatic nitrogens is 4. The molecular formula is C14H19N5O6. The highest BCUT2D eigenvalue weighted by Gasteiger charge is 2.45. The number of nitrogens with zero attached hydrogens (tertiary/aromatic N) is 4. The largest absolute Gasteiger partial charge is 0.469 e. The minimum atomic E-state index is -1.09. The molecule has 0 saturated carbocycles. The lowest BCUT2D eigenvalue weighted by atomic mass is 10.1. The van der Waals surface area contributed by atoms with Crippen LogP contribution in [0.2, 0.25) is 0 Å². The van der Waals surface area contributed by atoms with Crippen molar-refractivity contribution < 1.29 is 29.2 Å². The lowest BCUT2D eigenvalue weighted by Crippen LogP contribution is -2.36. The predicted octanol–water partition coefficient (Wildman–Crippen LogP) is -1.39. The summed E-state index contributed by atoms with van der Waals surface area (Å²) in [5.41, 5.74) is 6.57. The van der Waals surface area contributed by atoms with Gasteiger partial charge in [-0.15, -0.1) is 0 Å². The van der Waals surface area contributed by atoms with E-state index in [-0.39, 0.29) is 18.8 Å². The summed E-state index contributed by atoms with van der Waals surface area (Å²) in [5.74, 6) is -0.221. The van der Waals surface area contributed by atoms with E-state index in [4.69, 9.17) is 15.2 Å². The topological polar surface area (TPSA) is 155 Å². The molecule has 0 bridgehead atoms. The Bertz CT molecular complexity index is 752. The smallest absolute Gasteiger partial charge is 0.307 e. The first-order chi connectivity index (χ1) is 12.1. The molecule has 3 rings (SSSR count). The summed E-state index contributed by atoms with van der Waals surface area (Å²) in [4.78, 5) is 23.4. The Morgan fingerprint density at radius 2 is 2.24 bits per heavy atom. The molecule has 1 aliphatic heterocycles. The summed E-state index contributed by atoms with van der Waals surface area (Å²) in [6, 6.07) is 0. The van der Waals surface area contributed by atoms with Gasteiger partial charge in [-0.2, -0.15) is 0 Å². The first-order valence-electron chi connectivity index (χ1n) is 7.62. The fourth-order valence-corrected chi connectivity index (χ4v) is 2.71. The van der Waals surface area contributed by atoms with E-state index in [1.165, 1.54) is 19.8 Å². The fraction of sp³-hybridized carbons (Fsp3) is 0.571. The normalized spacial score (nSPS) is 26.2. The number of carbonyl (C=O) groups is 1. The second-order valence-electron chi connectivity index (χ2n) is 5.48. The number of nitrogen functional groups attached to an aromatic ring is 1. The van der Waals surface area contributed by atoms with Gasteiger partial charge in [0.25, 0.3) is 0 Å². The van der Waals surface area contributed by atoms with Gasteiger partial charge in [-0.1, -0.05) is 0 Å². The SMILES string of the molecule is COC(=O)CCOC1C(O)[C@@H](CO)O[C@H]1n1cnc2c(N)ncnc21. The zero-order valence-corrected chi connectivity index (χ0v) is 13.5. The van der Waals surface area contributed by atoms with E-state index in [9.17, 15) is 15.0 Å². The van der Waals surface area contributed by atoms with E-state index >= 15 is 0 Å². The fourth-order valence-electron chi connectivity index (χ4n) is 2.71. The van der Waals surface area contributed by atoms with Crippen molar-refractivity contribution >= 4 is 23.0 Å². The molecule has 1 saturated heterocycles. The van der Waals surface area contributed by atoms with Crippen LogP contribution in [0, 0.1) is 0 Å². The number of esters is 1. The molecule has 0 spiro atoms. The standard InChI is InChI=1S/C14H19N5O6/c1-23-8(21)2-3-24-11-10(22)7(4-20)25-14(11)19-6-18-9-12(15)16-5-17-13(9)19/h5-7,10-11,14,20,22H,2-4H2,1H3,(H2,15,16,17)/t7-,10?,11?,14-/m1/s1. The second kappa shape index (κ2) is 7.27. The lowest BCUT2D eigenvalue weighted by molar-refractivity contribution is -0.143. The highest BCUT2D eigenvalue weighted by molar-refractivity contribution is 5.81. The Morgan fingerprint density at radius 1 is 1.44 bits per heavy atom. The Morgan fingerprint density at radius 3 is 2.96 bits per heavy atom. The molecule has 4 atom stereocenters. The summed E-state index contributed by atoms with van der Waals surface area (Å²) >= 11 is 0. The van der Waals surface area contributed by atoms with Gasteiger partial charge in [-0.3, -0.25) is 9.36 Å². The number of aliphatic hydroxyl groups excluding tert-OH is 2. The van der Waals surface area contributed by atoms with Gasteiger partial charge < -0.3 is 30.2 Å². The Labute approximate surface area is 142 Å². The highest BCUT2D eigenvalue weighted by atomic mass is 16.6. The summed E-state index contributed by atoms with van der Waals surface area (Å²) in [5, 5.41) is 19.7. The maximum Gasteiger partial charge on any atom is 0.307 e. The van der Waals surface area contributed by atoms with Crippen molar-refractivity contribution in [1.29, 1.82) is 0 Å². The maximum absolute atomic E-state index is 11.2. The molecule has 136 valence electrons. The first kappa shape index (κ1) is 17.5. The molecule has 11 heteroatoms. The minimum absolute atomic E-state index is 0.0238. The quantitative estimate of drug-likeness (QED) is 0.528. The predicted molar refractivity (Wildman–Crippen MR) is 83.1 cm³/mol. The number of carbonyl (C=O) groups excluding carboxylic acids is 1. The molecule has 3 heterocycles. The molecule has 1 fully saturated rings. The van der Waals surface area contributed by atoms with Crippen molar-refractivity contribution in [3.8, 4) is 0 Å². The van der Waals surface area contributed by atoms with Gasteiger partial charge in [-0.25, -0.2) is 15.0 Å². The van der Waals surface area contributed by atoms with Crippen LogP contribution in [0.3, 0.4) is 0 Å². The van der Waals surface area contributed by atoms with Gasteiger partial charge in [0.05, 0.1) is 33.1 Å². The van der Waals surface area contributed by atoms with Gasteiger partial charge in [-0.05, 0) is 0 Å². The molecule has 2 unspecified atom stereocenters. The van der Waals surface area contributed by atoms with E-state index in [1.807, 2.05) is 0 Å². The zero-order valence-electron chi connectivity index (χ0n) is 13.5. The van der Waals surface area contributed by atoms with Crippen molar-refractivity contribution in [3.63, 3.8) is 0 Å². The third kappa shape index (κ3) is 3.26. The number of nitrogens with two attached hydrogens (primary N) is 1. The summed E-state index contributed by atoms with van der Waals surface area (Å²) < 4.78 is 17.4. The van der Waals surface area contributed by atoms with Crippen LogP contribution in [0.25, 0.3) is 11.2 Å². The number of anilines is 1. The molecule has 11 nitrogen and oxygen atoms in total. The van der Waals surface area contributed by atoms with Crippen molar-refractivity contribution in [2.45, 2.75) is 31.0 Å². The van der Waals surface area contributed by atoms with Crippen LogP contribution >= 0.6 is 0 Å². The van der Waals surface area contributed by atoms with Gasteiger partial charge in [0.15, 0.2) is 17.7 Å². The van der Waals surface area contributed by atoms with E-state index in [0.29, 0.717) is 11.2 Å². The van der Waals surface area contributed by atoms with E-state index in [1.54, 1.807) is 4.57 Å². The molecule has 2 aromatic rings. The molecule has 0 amide bonds. The van der Waals surface area contributed by atoms with Crippen LogP contribution in [-0.4, -0.2) is 74.3 Å². The molecule has 25 heavy (non-hydrogen) atoms. The summed E-state index contributed by atoms with van der Waals surface area (Å²) in [6.07, 6.45) is -0.814. The van der Waals surface area contributed by atoms with Gasteiger partial charge in [0.1, 0.15) is 30.2 Å². The number of ether oxygens (including phenoxy) is 3. The Hall–Kier alpha value is -2.34. The van der Waals surface area contributed by atoms with Crippen LogP contribution < -0.4 is 5.73 Å². The number of aliphatic hydroxyl groups is 2. The van der Waals surface area contributed by atoms with Crippen molar-refractivity contribution in [3.05, 3.63) is 12.7 Å². The van der Waals surface area contributed by atoms with Gasteiger partial charge >= 0.3 is 5.97 Å². The number of imidazole rings is 1. The lowest BCUT2D eigenvalue weighted by Gasteiger charge is -2.21. The Balaban J connectivity index is 1.85. The van der Waals surface area contributed by atoms with Crippen LogP contribution in [0.15, 0.2) is 12.7 Å².